The standard InChI is InChI=1S/C19H16ClN5OS/c1-10-8-11(2)25-17(22-10)15(9-21-25)18(26)24-19-23-16(12(3)27-19)13-4-6-14(20)7-5-13/h4-9H,1-3H3,(H,23,24,26). The molecule has 0 atom stereocenters. The number of nitrogens with zero attached hydrogens (tertiary/aromatic N) is 4. The van der Waals surface area contributed by atoms with Crippen molar-refractivity contribution in [1.82, 2.24) is 19.6 Å². The Morgan fingerprint density at radius 3 is 2.63 bits per heavy atom. The van der Waals surface area contributed by atoms with Crippen LogP contribution in [0.25, 0.3) is 16.9 Å². The largest absolute Gasteiger partial charge is 0.298 e. The van der Waals surface area contributed by atoms with Gasteiger partial charge in [0.05, 0.1) is 11.9 Å². The van der Waals surface area contributed by atoms with Gasteiger partial charge in [-0.3, -0.25) is 10.1 Å². The van der Waals surface area contributed by atoms with Crippen molar-refractivity contribution in [3.63, 3.8) is 0 Å². The van der Waals surface area contributed by atoms with Gasteiger partial charge in [-0.2, -0.15) is 5.10 Å². The molecule has 0 aliphatic rings. The summed E-state index contributed by atoms with van der Waals surface area (Å²) in [5, 5.41) is 8.34. The molecule has 4 rings (SSSR count). The molecule has 0 radical (unpaired) electrons. The highest BCUT2D eigenvalue weighted by atomic mass is 35.5. The number of anilines is 1. The molecule has 1 amide bonds. The minimum absolute atomic E-state index is 0.279. The van der Waals surface area contributed by atoms with E-state index < -0.39 is 0 Å². The first-order chi connectivity index (χ1) is 12.9. The Morgan fingerprint density at radius 2 is 1.89 bits per heavy atom. The Bertz CT molecular complexity index is 1160. The number of thiazole rings is 1. The number of nitrogens with one attached hydrogen (secondary N) is 1. The number of amides is 1. The topological polar surface area (TPSA) is 72.2 Å². The van der Waals surface area contributed by atoms with Crippen LogP contribution in [0.1, 0.15) is 26.6 Å². The van der Waals surface area contributed by atoms with Gasteiger partial charge in [-0.05, 0) is 39.0 Å². The molecule has 1 aromatic carbocycles. The fraction of sp³-hybridized carbons (Fsp3) is 0.158. The fourth-order valence-corrected chi connectivity index (χ4v) is 3.88. The number of aromatic nitrogens is 4. The molecule has 0 spiro atoms. The molecule has 0 saturated heterocycles. The Labute approximate surface area is 164 Å². The molecule has 1 N–H and O–H groups in total. The number of rotatable bonds is 3. The lowest BCUT2D eigenvalue weighted by molar-refractivity contribution is 0.102. The summed E-state index contributed by atoms with van der Waals surface area (Å²) in [4.78, 5) is 22.8. The lowest BCUT2D eigenvalue weighted by Crippen LogP contribution is -2.12. The van der Waals surface area contributed by atoms with Gasteiger partial charge < -0.3 is 0 Å². The van der Waals surface area contributed by atoms with Crippen molar-refractivity contribution >= 4 is 39.6 Å². The highest BCUT2D eigenvalue weighted by Crippen LogP contribution is 2.31. The van der Waals surface area contributed by atoms with E-state index in [1.807, 2.05) is 51.1 Å². The van der Waals surface area contributed by atoms with E-state index in [-0.39, 0.29) is 5.91 Å². The van der Waals surface area contributed by atoms with E-state index in [0.717, 1.165) is 27.5 Å². The van der Waals surface area contributed by atoms with E-state index in [1.54, 1.807) is 4.52 Å². The number of carbonyl (C=O) groups excluding carboxylic acids is 1. The third kappa shape index (κ3) is 3.31. The number of halogens is 1. The predicted octanol–water partition coefficient (Wildman–Crippen LogP) is 4.68. The molecule has 0 aliphatic heterocycles. The zero-order valence-corrected chi connectivity index (χ0v) is 16.5. The number of hydrogen-bond donors (Lipinski definition) is 1. The summed E-state index contributed by atoms with van der Waals surface area (Å²) < 4.78 is 1.66. The van der Waals surface area contributed by atoms with Crippen molar-refractivity contribution in [3.8, 4) is 11.3 Å². The van der Waals surface area contributed by atoms with E-state index in [1.165, 1.54) is 17.5 Å². The third-order valence-corrected chi connectivity index (χ3v) is 5.30. The second-order valence-electron chi connectivity index (χ2n) is 6.22. The molecular weight excluding hydrogens is 382 g/mol. The molecule has 3 aromatic heterocycles. The fourth-order valence-electron chi connectivity index (χ4n) is 2.92. The maximum atomic E-state index is 12.8. The van der Waals surface area contributed by atoms with E-state index in [9.17, 15) is 4.79 Å². The Hall–Kier alpha value is -2.77. The molecule has 6 nitrogen and oxygen atoms in total. The molecule has 4 aromatic rings. The monoisotopic (exact) mass is 397 g/mol. The van der Waals surface area contributed by atoms with Gasteiger partial charge in [-0.15, -0.1) is 11.3 Å². The summed E-state index contributed by atoms with van der Waals surface area (Å²) in [5.41, 5.74) is 4.50. The summed E-state index contributed by atoms with van der Waals surface area (Å²) in [6.07, 6.45) is 1.53. The number of carbonyl (C=O) groups is 1. The quantitative estimate of drug-likeness (QED) is 0.544. The first-order valence-corrected chi connectivity index (χ1v) is 9.48. The van der Waals surface area contributed by atoms with Gasteiger partial charge in [0.25, 0.3) is 5.91 Å². The number of benzene rings is 1. The van der Waals surface area contributed by atoms with Crippen LogP contribution in [0, 0.1) is 20.8 Å². The van der Waals surface area contributed by atoms with Crippen molar-refractivity contribution in [1.29, 1.82) is 0 Å². The minimum atomic E-state index is -0.279. The van der Waals surface area contributed by atoms with Gasteiger partial charge in [0.1, 0.15) is 5.56 Å². The normalized spacial score (nSPS) is 11.1. The van der Waals surface area contributed by atoms with Crippen molar-refractivity contribution in [2.24, 2.45) is 0 Å². The average Bonchev–Trinajstić information content (AvgIpc) is 3.19. The molecule has 0 fully saturated rings. The van der Waals surface area contributed by atoms with Crippen LogP contribution in [0.15, 0.2) is 36.5 Å². The van der Waals surface area contributed by atoms with E-state index >= 15 is 0 Å². The van der Waals surface area contributed by atoms with Crippen LogP contribution < -0.4 is 5.32 Å². The third-order valence-electron chi connectivity index (χ3n) is 4.16. The molecule has 27 heavy (non-hydrogen) atoms. The summed E-state index contributed by atoms with van der Waals surface area (Å²) in [7, 11) is 0. The number of aryl methyl sites for hydroxylation is 3. The molecular formula is C19H16ClN5OS. The summed E-state index contributed by atoms with van der Waals surface area (Å²) in [6.45, 7) is 5.80. The lowest BCUT2D eigenvalue weighted by atomic mass is 10.1. The molecule has 0 saturated carbocycles. The van der Waals surface area contributed by atoms with Crippen LogP contribution in [0.4, 0.5) is 5.13 Å². The highest BCUT2D eigenvalue weighted by molar-refractivity contribution is 7.16. The Morgan fingerprint density at radius 1 is 1.15 bits per heavy atom. The number of fused-ring (bicyclic) bond motifs is 1. The zero-order chi connectivity index (χ0) is 19.1. The molecule has 8 heteroatoms. The summed E-state index contributed by atoms with van der Waals surface area (Å²) in [6, 6.07) is 9.39. The van der Waals surface area contributed by atoms with Crippen LogP contribution >= 0.6 is 22.9 Å². The maximum absolute atomic E-state index is 12.8. The van der Waals surface area contributed by atoms with Gasteiger partial charge >= 0.3 is 0 Å². The lowest BCUT2D eigenvalue weighted by Gasteiger charge is -2.03. The van der Waals surface area contributed by atoms with Crippen LogP contribution in [0.5, 0.6) is 0 Å². The van der Waals surface area contributed by atoms with E-state index in [0.29, 0.717) is 21.4 Å². The molecule has 0 bridgehead atoms. The van der Waals surface area contributed by atoms with Gasteiger partial charge in [-0.1, -0.05) is 23.7 Å². The number of hydrogen-bond acceptors (Lipinski definition) is 5. The molecule has 0 aliphatic carbocycles. The predicted molar refractivity (Wildman–Crippen MR) is 108 cm³/mol. The van der Waals surface area contributed by atoms with Crippen LogP contribution in [-0.2, 0) is 0 Å². The van der Waals surface area contributed by atoms with Crippen LogP contribution in [0.2, 0.25) is 5.02 Å². The van der Waals surface area contributed by atoms with Gasteiger partial charge in [0.15, 0.2) is 10.8 Å². The van der Waals surface area contributed by atoms with Crippen molar-refractivity contribution in [2.45, 2.75) is 20.8 Å². The van der Waals surface area contributed by atoms with Crippen LogP contribution in [0.3, 0.4) is 0 Å². The first kappa shape index (κ1) is 17.6. The Kier molecular flexibility index (Phi) is 4.41. The van der Waals surface area contributed by atoms with Crippen molar-refractivity contribution in [2.75, 3.05) is 5.32 Å². The second kappa shape index (κ2) is 6.75. The smallest absolute Gasteiger partial charge is 0.262 e. The van der Waals surface area contributed by atoms with E-state index in [4.69, 9.17) is 11.6 Å². The van der Waals surface area contributed by atoms with E-state index in [2.05, 4.69) is 20.4 Å². The Balaban J connectivity index is 1.64. The minimum Gasteiger partial charge on any atom is -0.298 e. The zero-order valence-electron chi connectivity index (χ0n) is 14.9. The first-order valence-electron chi connectivity index (χ1n) is 8.29. The van der Waals surface area contributed by atoms with Crippen molar-refractivity contribution in [3.05, 3.63) is 63.4 Å². The summed E-state index contributed by atoms with van der Waals surface area (Å²) in [5.74, 6) is -0.279. The van der Waals surface area contributed by atoms with Gasteiger partial charge in [0, 0.05) is 26.9 Å². The second-order valence-corrected chi connectivity index (χ2v) is 7.86. The van der Waals surface area contributed by atoms with Gasteiger partial charge in [0.2, 0.25) is 0 Å². The summed E-state index contributed by atoms with van der Waals surface area (Å²) >= 11 is 7.38. The van der Waals surface area contributed by atoms with Crippen molar-refractivity contribution < 1.29 is 4.79 Å². The maximum Gasteiger partial charge on any atom is 0.262 e. The van der Waals surface area contributed by atoms with Crippen LogP contribution in [-0.4, -0.2) is 25.5 Å². The molecule has 0 unspecified atom stereocenters. The van der Waals surface area contributed by atoms with Gasteiger partial charge in [-0.25, -0.2) is 14.5 Å². The molecule has 3 heterocycles. The average molecular weight is 398 g/mol. The molecule has 136 valence electrons. The SMILES string of the molecule is Cc1cc(C)n2ncc(C(=O)Nc3nc(-c4ccc(Cl)cc4)c(C)s3)c2n1. The highest BCUT2D eigenvalue weighted by Gasteiger charge is 2.18.